The van der Waals surface area contributed by atoms with Crippen LogP contribution in [0.2, 0.25) is 0 Å². The quantitative estimate of drug-likeness (QED) is 0.131. The second kappa shape index (κ2) is 12.9. The van der Waals surface area contributed by atoms with Gasteiger partial charge in [-0.3, -0.25) is 0 Å². The molecule has 54 heavy (non-hydrogen) atoms. The molecule has 4 heterocycles. The minimum Gasteiger partial charge on any atom is -0.455 e. The molecular weight excluding hydrogens is 846 g/mol. The molecule has 6 nitrogen and oxygen atoms in total. The summed E-state index contributed by atoms with van der Waals surface area (Å²) in [6.07, 6.45) is 5.03. The van der Waals surface area contributed by atoms with Gasteiger partial charge in [-0.2, -0.15) is 6.07 Å². The average Bonchev–Trinajstić information content (AvgIpc) is 3.75. The molecule has 0 aliphatic rings. The zero-order valence-corrected chi connectivity index (χ0v) is 32.1. The van der Waals surface area contributed by atoms with Crippen LogP contribution in [0, 0.1) is 12.4 Å². The van der Waals surface area contributed by atoms with E-state index in [1.165, 1.54) is 10.1 Å². The van der Waals surface area contributed by atoms with E-state index < -0.39 is 6.98 Å². The molecule has 0 saturated carbocycles. The van der Waals surface area contributed by atoms with Gasteiger partial charge in [-0.1, -0.05) is 117 Å². The standard InChI is InChI=1S/C47H36N5O.Pt/c1-47(2,3)31-25-26-48-46(27-31)52-39-17-9-5-13-34(39)36-23-21-33(29-42(36)52)51-38-16-8-6-14-35(38)37-15-7-12-20-44(37)53-45-24-22-32(28-43(45)51)50-30-49(4)40-18-10-11-19-41(40)50;/h5-28H,1-4H3;/q-1;+2/i4D3;. The smallest absolute Gasteiger partial charge is 0.455 e. The summed E-state index contributed by atoms with van der Waals surface area (Å²) in [6.45, 7) is 4.22. The van der Waals surface area contributed by atoms with Gasteiger partial charge in [0, 0.05) is 22.5 Å². The van der Waals surface area contributed by atoms with Crippen molar-refractivity contribution in [3.8, 4) is 17.2 Å². The van der Waals surface area contributed by atoms with Crippen LogP contribution < -0.4 is 4.57 Å². The maximum absolute atomic E-state index is 8.27. The Labute approximate surface area is 331 Å². The molecule has 6 aromatic carbocycles. The topological polar surface area (TPSA) is 44.7 Å². The van der Waals surface area contributed by atoms with Crippen LogP contribution in [0.1, 0.15) is 30.4 Å². The molecule has 264 valence electrons. The van der Waals surface area contributed by atoms with Gasteiger partial charge in [-0.25, -0.2) is 4.98 Å². The molecule has 0 bridgehead atoms. The molecule has 4 aromatic heterocycles. The second-order valence-electron chi connectivity index (χ2n) is 14.5. The predicted molar refractivity (Wildman–Crippen MR) is 215 cm³/mol. The minimum absolute atomic E-state index is 0. The molecule has 0 atom stereocenters. The number of fused-ring (bicyclic) bond motifs is 8. The van der Waals surface area contributed by atoms with Gasteiger partial charge in [0.05, 0.1) is 38.8 Å². The zero-order chi connectivity index (χ0) is 38.3. The van der Waals surface area contributed by atoms with Crippen molar-refractivity contribution in [2.45, 2.75) is 26.2 Å². The van der Waals surface area contributed by atoms with E-state index in [-0.39, 0.29) is 26.5 Å². The van der Waals surface area contributed by atoms with Gasteiger partial charge in [-0.15, -0.1) is 17.5 Å². The van der Waals surface area contributed by atoms with Gasteiger partial charge in [-0.05, 0) is 58.8 Å². The largest absolute Gasteiger partial charge is 2.00 e. The molecular formula is C47H36N5OPt+. The van der Waals surface area contributed by atoms with Crippen LogP contribution in [0.4, 0.5) is 0 Å². The Hall–Kier alpha value is -5.97. The van der Waals surface area contributed by atoms with E-state index in [0.717, 1.165) is 71.9 Å². The molecule has 10 rings (SSSR count). The number of nitrogens with zero attached hydrogens (tertiary/aromatic N) is 5. The van der Waals surface area contributed by atoms with Crippen molar-refractivity contribution in [1.82, 2.24) is 18.7 Å². The van der Waals surface area contributed by atoms with Crippen LogP contribution >= 0.6 is 0 Å². The number of benzene rings is 6. The van der Waals surface area contributed by atoms with Crippen LogP contribution in [0.25, 0.3) is 83.0 Å². The van der Waals surface area contributed by atoms with Crippen molar-refractivity contribution < 1.29 is 34.2 Å². The van der Waals surface area contributed by atoms with Crippen molar-refractivity contribution >= 4 is 65.8 Å². The third kappa shape index (κ3) is 5.35. The Morgan fingerprint density at radius 1 is 0.648 bits per heavy atom. The fraction of sp³-hybridized carbons (Fsp3) is 0.106. The SMILES string of the molecule is [2H]C([2H])([2H])[n+]1[c-]n(-c2ccc3oc4ccccc4c4ccccc4n(-c4[c-]c5c(cc4)c4ccccc4n5-c4cc(C(C)(C)C)ccn4)c3c2)c2ccccc21.[Pt+2]. The van der Waals surface area contributed by atoms with E-state index in [0.29, 0.717) is 11.1 Å². The van der Waals surface area contributed by atoms with Crippen molar-refractivity contribution in [3.05, 3.63) is 164 Å². The van der Waals surface area contributed by atoms with Crippen LogP contribution in [0.5, 0.6) is 0 Å². The van der Waals surface area contributed by atoms with Gasteiger partial charge in [0.25, 0.3) is 0 Å². The molecule has 0 N–H and O–H groups in total. The van der Waals surface area contributed by atoms with Crippen LogP contribution in [-0.4, -0.2) is 18.7 Å². The van der Waals surface area contributed by atoms with E-state index in [4.69, 9.17) is 13.5 Å². The maximum Gasteiger partial charge on any atom is 2.00 e. The molecule has 0 amide bonds. The molecule has 0 radical (unpaired) electrons. The Morgan fingerprint density at radius 3 is 2.11 bits per heavy atom. The van der Waals surface area contributed by atoms with Gasteiger partial charge >= 0.3 is 21.1 Å². The van der Waals surface area contributed by atoms with Crippen molar-refractivity contribution in [2.75, 3.05) is 0 Å². The van der Waals surface area contributed by atoms with Crippen LogP contribution in [0.3, 0.4) is 0 Å². The van der Waals surface area contributed by atoms with Crippen LogP contribution in [0.15, 0.2) is 150 Å². The molecule has 7 heteroatoms. The van der Waals surface area contributed by atoms with E-state index in [2.05, 4.69) is 109 Å². The summed E-state index contributed by atoms with van der Waals surface area (Å²) in [5, 5.41) is 4.13. The predicted octanol–water partition coefficient (Wildman–Crippen LogP) is 10.8. The number of aryl methyl sites for hydroxylation is 1. The summed E-state index contributed by atoms with van der Waals surface area (Å²) in [4.78, 5) is 4.91. The van der Waals surface area contributed by atoms with E-state index >= 15 is 0 Å². The molecule has 0 spiro atoms. The molecule has 0 saturated heterocycles. The van der Waals surface area contributed by atoms with Crippen molar-refractivity contribution in [1.29, 1.82) is 0 Å². The first-order chi connectivity index (χ1) is 27.0. The average molecular weight is 885 g/mol. The summed E-state index contributed by atoms with van der Waals surface area (Å²) in [5.41, 5.74) is 8.90. The maximum atomic E-state index is 8.27. The third-order valence-electron chi connectivity index (χ3n) is 10.2. The van der Waals surface area contributed by atoms with Gasteiger partial charge in [0.15, 0.2) is 0 Å². The summed E-state index contributed by atoms with van der Waals surface area (Å²) in [6, 6.07) is 50.6. The summed E-state index contributed by atoms with van der Waals surface area (Å²) in [5.74, 6) is 0.822. The zero-order valence-electron chi connectivity index (χ0n) is 32.8. The van der Waals surface area contributed by atoms with E-state index in [1.54, 1.807) is 10.6 Å². The summed E-state index contributed by atoms with van der Waals surface area (Å²) >= 11 is 0. The first-order valence-electron chi connectivity index (χ1n) is 19.2. The number of hydrogen-bond donors (Lipinski definition) is 0. The van der Waals surface area contributed by atoms with Crippen molar-refractivity contribution in [2.24, 2.45) is 6.98 Å². The molecule has 10 aromatic rings. The number of aromatic nitrogens is 5. The molecule has 0 aliphatic heterocycles. The first kappa shape index (κ1) is 30.5. The Balaban J connectivity index is 0.00000422. The number of hydrogen-bond acceptors (Lipinski definition) is 2. The third-order valence-corrected chi connectivity index (χ3v) is 10.2. The Morgan fingerprint density at radius 2 is 1.33 bits per heavy atom. The monoisotopic (exact) mass is 884 g/mol. The van der Waals surface area contributed by atoms with Gasteiger partial charge in [0.2, 0.25) is 6.33 Å². The molecule has 0 aliphatic carbocycles. The molecule has 0 fully saturated rings. The minimum atomic E-state index is -2.42. The Kier molecular flexibility index (Phi) is 7.26. The van der Waals surface area contributed by atoms with Crippen LogP contribution in [-0.2, 0) is 33.5 Å². The Bertz CT molecular complexity index is 3250. The number of pyridine rings is 1. The second-order valence-corrected chi connectivity index (χ2v) is 14.5. The van der Waals surface area contributed by atoms with Gasteiger partial charge < -0.3 is 22.7 Å². The first-order valence-corrected chi connectivity index (χ1v) is 17.7. The molecule has 0 unspecified atom stereocenters. The van der Waals surface area contributed by atoms with E-state index in [1.807, 2.05) is 72.9 Å². The van der Waals surface area contributed by atoms with Crippen molar-refractivity contribution in [3.63, 3.8) is 0 Å². The number of para-hydroxylation sites is 5. The van der Waals surface area contributed by atoms with Gasteiger partial charge in [0.1, 0.15) is 17.0 Å². The number of imidazole rings is 1. The normalized spacial score (nSPS) is 13.0. The van der Waals surface area contributed by atoms with E-state index in [9.17, 15) is 0 Å². The number of rotatable bonds is 3. The summed E-state index contributed by atoms with van der Waals surface area (Å²) in [7, 11) is 0. The fourth-order valence-electron chi connectivity index (χ4n) is 7.59. The summed E-state index contributed by atoms with van der Waals surface area (Å²) < 4.78 is 39.1. The fourth-order valence-corrected chi connectivity index (χ4v) is 7.59.